The minimum absolute atomic E-state index is 0.0356. The third-order valence-corrected chi connectivity index (χ3v) is 10.2. The van der Waals surface area contributed by atoms with Gasteiger partial charge in [0.2, 0.25) is 11.8 Å². The van der Waals surface area contributed by atoms with E-state index in [0.717, 1.165) is 17.5 Å². The number of thioether (sulfide) groups is 1. The average Bonchev–Trinajstić information content (AvgIpc) is 3.58. The van der Waals surface area contributed by atoms with Gasteiger partial charge in [0.15, 0.2) is 0 Å². The molecule has 0 aliphatic carbocycles. The molecule has 3 aliphatic heterocycles. The number of hydrogen-bond acceptors (Lipinski definition) is 8. The Labute approximate surface area is 220 Å². The number of nitrogens with zero attached hydrogens (tertiary/aromatic N) is 4. The predicted octanol–water partition coefficient (Wildman–Crippen LogP) is 1.81. The standard InChI is InChI=1S/C26H35N5O5S/c1-5-36-25(35)20-19-11-15(4)26(37-19)21(20)24(34)31(16(12-32)10-14(2)3)22(26)23(33)27-13-30-18-9-7-6-8-17(18)28-29-30/h6-9,14-16,19-22,32H,5,10-13H2,1-4H3,(H,27,33)/t15?,16-,19+,20-,21+,22?,26?/m1/s1. The van der Waals surface area contributed by atoms with E-state index in [-0.39, 0.29) is 54.8 Å². The number of carbonyl (C=O) groups is 3. The van der Waals surface area contributed by atoms with Gasteiger partial charge in [-0.2, -0.15) is 0 Å². The summed E-state index contributed by atoms with van der Waals surface area (Å²) in [7, 11) is 0. The zero-order valence-corrected chi connectivity index (χ0v) is 22.5. The van der Waals surface area contributed by atoms with Crippen LogP contribution in [0, 0.1) is 23.7 Å². The number of ether oxygens (including phenoxy) is 1. The second kappa shape index (κ2) is 9.90. The Morgan fingerprint density at radius 3 is 2.78 bits per heavy atom. The number of likely N-dealkylation sites (tertiary alicyclic amines) is 1. The van der Waals surface area contributed by atoms with Crippen molar-refractivity contribution in [2.75, 3.05) is 13.2 Å². The molecule has 0 radical (unpaired) electrons. The summed E-state index contributed by atoms with van der Waals surface area (Å²) in [4.78, 5) is 42.8. The molecule has 1 aromatic heterocycles. The number of benzene rings is 1. The largest absolute Gasteiger partial charge is 0.466 e. The van der Waals surface area contributed by atoms with E-state index in [1.54, 1.807) is 28.3 Å². The van der Waals surface area contributed by atoms with Crippen LogP contribution in [-0.4, -0.2) is 78.1 Å². The molecule has 5 rings (SSSR count). The highest BCUT2D eigenvalue weighted by molar-refractivity contribution is 8.02. The van der Waals surface area contributed by atoms with E-state index in [1.165, 1.54) is 0 Å². The molecule has 4 heterocycles. The van der Waals surface area contributed by atoms with Crippen LogP contribution in [0.5, 0.6) is 0 Å². The summed E-state index contributed by atoms with van der Waals surface area (Å²) in [6, 6.07) is 6.15. The summed E-state index contributed by atoms with van der Waals surface area (Å²) in [5.41, 5.74) is 1.51. The Balaban J connectivity index is 1.51. The van der Waals surface area contributed by atoms with Crippen LogP contribution in [0.25, 0.3) is 11.0 Å². The molecule has 11 heteroatoms. The van der Waals surface area contributed by atoms with Gasteiger partial charge in [-0.05, 0) is 43.7 Å². The van der Waals surface area contributed by atoms with Gasteiger partial charge < -0.3 is 20.1 Å². The van der Waals surface area contributed by atoms with Crippen LogP contribution in [-0.2, 0) is 25.8 Å². The molecule has 2 aromatic rings. The maximum Gasteiger partial charge on any atom is 0.310 e. The van der Waals surface area contributed by atoms with Crippen molar-refractivity contribution in [2.24, 2.45) is 23.7 Å². The van der Waals surface area contributed by atoms with Gasteiger partial charge in [-0.3, -0.25) is 14.4 Å². The van der Waals surface area contributed by atoms with Crippen molar-refractivity contribution in [2.45, 2.75) is 69.3 Å². The van der Waals surface area contributed by atoms with Crippen molar-refractivity contribution in [3.8, 4) is 0 Å². The molecule has 7 atom stereocenters. The quantitative estimate of drug-likeness (QED) is 0.471. The number of aliphatic hydroxyl groups excluding tert-OH is 1. The Morgan fingerprint density at radius 1 is 1.32 bits per heavy atom. The molecule has 200 valence electrons. The third-order valence-electron chi connectivity index (χ3n) is 8.16. The van der Waals surface area contributed by atoms with Gasteiger partial charge >= 0.3 is 5.97 Å². The van der Waals surface area contributed by atoms with Crippen LogP contribution in [0.4, 0.5) is 0 Å². The summed E-state index contributed by atoms with van der Waals surface area (Å²) < 4.78 is 6.25. The van der Waals surface area contributed by atoms with Gasteiger partial charge in [-0.15, -0.1) is 16.9 Å². The van der Waals surface area contributed by atoms with Crippen molar-refractivity contribution >= 4 is 40.6 Å². The summed E-state index contributed by atoms with van der Waals surface area (Å²) in [6.45, 7) is 7.96. The summed E-state index contributed by atoms with van der Waals surface area (Å²) in [5, 5.41) is 21.6. The number of aromatic nitrogens is 3. The number of aliphatic hydroxyl groups is 1. The Hall–Kier alpha value is -2.66. The molecule has 1 spiro atoms. The second-order valence-corrected chi connectivity index (χ2v) is 12.3. The molecule has 3 aliphatic rings. The van der Waals surface area contributed by atoms with Crippen LogP contribution >= 0.6 is 11.8 Å². The number of fused-ring (bicyclic) bond motifs is 2. The molecule has 2 amide bonds. The number of nitrogens with one attached hydrogen (secondary N) is 1. The van der Waals surface area contributed by atoms with Gasteiger partial charge in [0.05, 0.1) is 41.4 Å². The molecule has 3 unspecified atom stereocenters. The zero-order valence-electron chi connectivity index (χ0n) is 21.7. The van der Waals surface area contributed by atoms with Crippen molar-refractivity contribution in [1.29, 1.82) is 0 Å². The van der Waals surface area contributed by atoms with Crippen molar-refractivity contribution in [1.82, 2.24) is 25.2 Å². The smallest absolute Gasteiger partial charge is 0.310 e. The molecule has 2 N–H and O–H groups in total. The first-order chi connectivity index (χ1) is 17.7. The van der Waals surface area contributed by atoms with E-state index in [1.807, 2.05) is 38.1 Å². The number of esters is 1. The lowest BCUT2D eigenvalue weighted by molar-refractivity contribution is -0.154. The molecule has 3 fully saturated rings. The molecular formula is C26H35N5O5S. The highest BCUT2D eigenvalue weighted by Crippen LogP contribution is 2.69. The van der Waals surface area contributed by atoms with Gasteiger partial charge in [0, 0.05) is 5.25 Å². The molecule has 37 heavy (non-hydrogen) atoms. The van der Waals surface area contributed by atoms with E-state index in [2.05, 4.69) is 22.6 Å². The fourth-order valence-electron chi connectivity index (χ4n) is 6.76. The molecule has 0 saturated carbocycles. The third kappa shape index (κ3) is 4.01. The minimum atomic E-state index is -0.819. The minimum Gasteiger partial charge on any atom is -0.466 e. The maximum atomic E-state index is 14.1. The molecule has 3 saturated heterocycles. The number of rotatable bonds is 9. The second-order valence-electron chi connectivity index (χ2n) is 10.8. The highest BCUT2D eigenvalue weighted by Gasteiger charge is 2.76. The lowest BCUT2D eigenvalue weighted by atomic mass is 9.66. The van der Waals surface area contributed by atoms with Gasteiger partial charge in [-0.25, -0.2) is 4.68 Å². The maximum absolute atomic E-state index is 14.1. The Morgan fingerprint density at radius 2 is 2.08 bits per heavy atom. The number of amides is 2. The number of para-hydroxylation sites is 1. The average molecular weight is 530 g/mol. The van der Waals surface area contributed by atoms with Gasteiger partial charge in [0.25, 0.3) is 0 Å². The first kappa shape index (κ1) is 26.0. The van der Waals surface area contributed by atoms with Crippen molar-refractivity contribution in [3.63, 3.8) is 0 Å². The first-order valence-electron chi connectivity index (χ1n) is 13.1. The molecule has 1 aromatic carbocycles. The first-order valence-corrected chi connectivity index (χ1v) is 14.0. The Bertz CT molecular complexity index is 1200. The summed E-state index contributed by atoms with van der Waals surface area (Å²) in [6.07, 6.45) is 1.28. The van der Waals surface area contributed by atoms with E-state index in [9.17, 15) is 19.5 Å². The number of hydrogen-bond donors (Lipinski definition) is 2. The van der Waals surface area contributed by atoms with Gasteiger partial charge in [0.1, 0.15) is 18.2 Å². The predicted molar refractivity (Wildman–Crippen MR) is 138 cm³/mol. The van der Waals surface area contributed by atoms with Crippen LogP contribution in [0.3, 0.4) is 0 Å². The van der Waals surface area contributed by atoms with E-state index in [4.69, 9.17) is 4.74 Å². The lowest BCUT2D eigenvalue weighted by Crippen LogP contribution is -2.58. The molecular weight excluding hydrogens is 494 g/mol. The summed E-state index contributed by atoms with van der Waals surface area (Å²) >= 11 is 1.60. The van der Waals surface area contributed by atoms with Crippen LogP contribution < -0.4 is 5.32 Å². The molecule has 10 nitrogen and oxygen atoms in total. The van der Waals surface area contributed by atoms with E-state index < -0.39 is 28.7 Å². The van der Waals surface area contributed by atoms with Crippen LogP contribution in [0.15, 0.2) is 24.3 Å². The van der Waals surface area contributed by atoms with Crippen LogP contribution in [0.2, 0.25) is 0 Å². The molecule has 2 bridgehead atoms. The monoisotopic (exact) mass is 529 g/mol. The topological polar surface area (TPSA) is 127 Å². The van der Waals surface area contributed by atoms with Gasteiger partial charge in [-0.1, -0.05) is 38.1 Å². The van der Waals surface area contributed by atoms with Crippen molar-refractivity contribution < 1.29 is 24.2 Å². The van der Waals surface area contributed by atoms with E-state index >= 15 is 0 Å². The van der Waals surface area contributed by atoms with Crippen LogP contribution in [0.1, 0.15) is 40.5 Å². The zero-order chi connectivity index (χ0) is 26.5. The number of carbonyl (C=O) groups excluding carboxylic acids is 3. The highest BCUT2D eigenvalue weighted by atomic mass is 32.2. The fourth-order valence-corrected chi connectivity index (χ4v) is 9.16. The Kier molecular flexibility index (Phi) is 6.95. The summed E-state index contributed by atoms with van der Waals surface area (Å²) in [5.74, 6) is -1.91. The lowest BCUT2D eigenvalue weighted by Gasteiger charge is -2.40. The fraction of sp³-hybridized carbons (Fsp3) is 0.654. The normalized spacial score (nSPS) is 31.2. The SMILES string of the molecule is CCOC(=O)[C@@H]1[C@@H]2CC(C)C3(S2)C(C(=O)NCn2nnc4ccccc42)N([C@@H](CO)CC(C)C)C(=O)[C@H]13. The van der Waals surface area contributed by atoms with E-state index in [0.29, 0.717) is 6.42 Å². The van der Waals surface area contributed by atoms with Crippen molar-refractivity contribution in [3.05, 3.63) is 24.3 Å².